The van der Waals surface area contributed by atoms with E-state index in [0.717, 1.165) is 31.4 Å². The summed E-state index contributed by atoms with van der Waals surface area (Å²) in [5.41, 5.74) is 1.12. The van der Waals surface area contributed by atoms with Gasteiger partial charge in [-0.3, -0.25) is 4.79 Å². The Morgan fingerprint density at radius 3 is 2.71 bits per heavy atom. The van der Waals surface area contributed by atoms with Gasteiger partial charge in [-0.2, -0.15) is 4.98 Å². The van der Waals surface area contributed by atoms with E-state index < -0.39 is 0 Å². The van der Waals surface area contributed by atoms with Crippen molar-refractivity contribution in [2.75, 3.05) is 13.1 Å². The van der Waals surface area contributed by atoms with Crippen LogP contribution < -0.4 is 0 Å². The predicted molar refractivity (Wildman–Crippen MR) is 111 cm³/mol. The topological polar surface area (TPSA) is 59.2 Å². The van der Waals surface area contributed by atoms with Crippen LogP contribution in [0.1, 0.15) is 65.2 Å². The predicted octanol–water partition coefficient (Wildman–Crippen LogP) is 5.56. The first-order valence-corrected chi connectivity index (χ1v) is 10.5. The van der Waals surface area contributed by atoms with Gasteiger partial charge >= 0.3 is 0 Å². The molecule has 1 amide bonds. The lowest BCUT2D eigenvalue weighted by Crippen LogP contribution is -2.40. The molecular weight excluding hydrogens is 374 g/mol. The average molecular weight is 404 g/mol. The summed E-state index contributed by atoms with van der Waals surface area (Å²) in [5.74, 6) is 1.90. The number of piperidine rings is 1. The third-order valence-corrected chi connectivity index (χ3v) is 5.40. The molecule has 0 bridgehead atoms. The van der Waals surface area contributed by atoms with Crippen molar-refractivity contribution in [3.05, 3.63) is 35.2 Å². The van der Waals surface area contributed by atoms with Gasteiger partial charge in [0.05, 0.1) is 5.92 Å². The number of benzene rings is 1. The minimum atomic E-state index is 0.101. The lowest BCUT2D eigenvalue weighted by Gasteiger charge is -2.32. The van der Waals surface area contributed by atoms with Crippen LogP contribution in [-0.2, 0) is 4.79 Å². The molecular formula is C22H30ClN3O2. The van der Waals surface area contributed by atoms with Crippen LogP contribution in [0.15, 0.2) is 28.8 Å². The van der Waals surface area contributed by atoms with Crippen LogP contribution in [0, 0.1) is 11.3 Å². The van der Waals surface area contributed by atoms with Crippen LogP contribution in [0.25, 0.3) is 11.4 Å². The molecule has 0 spiro atoms. The highest BCUT2D eigenvalue weighted by Gasteiger charge is 2.29. The molecule has 0 N–H and O–H groups in total. The maximum atomic E-state index is 12.8. The fraction of sp³-hybridized carbons (Fsp3) is 0.591. The number of halogens is 1. The van der Waals surface area contributed by atoms with Crippen LogP contribution in [0.5, 0.6) is 0 Å². The van der Waals surface area contributed by atoms with Crippen LogP contribution >= 0.6 is 11.6 Å². The standard InChI is InChI=1S/C22H30ClN3O2/c1-15(13-22(2,3)4)12-19(27)26-11-5-6-17(14-26)21-24-20(25-28-21)16-7-9-18(23)10-8-16/h7-10,15,17H,5-6,11-14H2,1-4H3/t15-,17-/m0/s1. The van der Waals surface area contributed by atoms with E-state index in [1.165, 1.54) is 0 Å². The highest BCUT2D eigenvalue weighted by atomic mass is 35.5. The zero-order valence-electron chi connectivity index (χ0n) is 17.2. The number of nitrogens with zero attached hydrogens (tertiary/aromatic N) is 3. The molecule has 1 aromatic carbocycles. The fourth-order valence-electron chi connectivity index (χ4n) is 4.07. The molecule has 1 aromatic heterocycles. The number of aromatic nitrogens is 2. The summed E-state index contributed by atoms with van der Waals surface area (Å²) in [4.78, 5) is 19.3. The third kappa shape index (κ3) is 5.57. The molecule has 6 heteroatoms. The van der Waals surface area contributed by atoms with Gasteiger partial charge in [0, 0.05) is 30.1 Å². The van der Waals surface area contributed by atoms with Crippen molar-refractivity contribution < 1.29 is 9.32 Å². The molecule has 152 valence electrons. The van der Waals surface area contributed by atoms with Crippen molar-refractivity contribution in [1.29, 1.82) is 0 Å². The van der Waals surface area contributed by atoms with E-state index in [0.29, 0.717) is 35.6 Å². The normalized spacial score (nSPS) is 18.9. The van der Waals surface area contributed by atoms with E-state index in [-0.39, 0.29) is 17.2 Å². The number of rotatable bonds is 5. The molecule has 28 heavy (non-hydrogen) atoms. The minimum absolute atomic E-state index is 0.101. The van der Waals surface area contributed by atoms with Gasteiger partial charge in [-0.1, -0.05) is 44.5 Å². The van der Waals surface area contributed by atoms with E-state index in [4.69, 9.17) is 16.1 Å². The number of amides is 1. The van der Waals surface area contributed by atoms with Crippen molar-refractivity contribution in [2.45, 2.75) is 59.3 Å². The second-order valence-electron chi connectivity index (χ2n) is 9.22. The lowest BCUT2D eigenvalue weighted by atomic mass is 9.84. The van der Waals surface area contributed by atoms with Gasteiger partial charge in [0.25, 0.3) is 0 Å². The molecule has 1 aliphatic rings. The minimum Gasteiger partial charge on any atom is -0.342 e. The van der Waals surface area contributed by atoms with Gasteiger partial charge in [-0.25, -0.2) is 0 Å². The first kappa shape index (κ1) is 20.8. The molecule has 0 saturated carbocycles. The molecule has 2 aromatic rings. The Morgan fingerprint density at radius 2 is 2.04 bits per heavy atom. The SMILES string of the molecule is C[C@@H](CC(=O)N1CCC[C@H](c2nc(-c3ccc(Cl)cc3)no2)C1)CC(C)(C)C. The van der Waals surface area contributed by atoms with Crippen molar-refractivity contribution in [2.24, 2.45) is 11.3 Å². The fourth-order valence-corrected chi connectivity index (χ4v) is 4.19. The molecule has 0 unspecified atom stereocenters. The van der Waals surface area contributed by atoms with Gasteiger partial charge in [-0.15, -0.1) is 0 Å². The smallest absolute Gasteiger partial charge is 0.231 e. The van der Waals surface area contributed by atoms with Crippen LogP contribution in [0.4, 0.5) is 0 Å². The summed E-state index contributed by atoms with van der Waals surface area (Å²) in [6, 6.07) is 7.38. The molecule has 2 heterocycles. The van der Waals surface area contributed by atoms with Gasteiger partial charge in [0.1, 0.15) is 0 Å². The number of carbonyl (C=O) groups excluding carboxylic acids is 1. The van der Waals surface area contributed by atoms with Gasteiger partial charge in [-0.05, 0) is 54.9 Å². The van der Waals surface area contributed by atoms with Crippen LogP contribution in [0.3, 0.4) is 0 Å². The maximum absolute atomic E-state index is 12.8. The first-order chi connectivity index (χ1) is 13.2. The molecule has 1 aliphatic heterocycles. The second-order valence-corrected chi connectivity index (χ2v) is 9.65. The number of likely N-dealkylation sites (tertiary alicyclic amines) is 1. The Hall–Kier alpha value is -1.88. The first-order valence-electron chi connectivity index (χ1n) is 10.1. The highest BCUT2D eigenvalue weighted by Crippen LogP contribution is 2.30. The molecule has 5 nitrogen and oxygen atoms in total. The van der Waals surface area contributed by atoms with E-state index >= 15 is 0 Å². The van der Waals surface area contributed by atoms with Crippen molar-refractivity contribution in [3.8, 4) is 11.4 Å². The number of hydrogen-bond donors (Lipinski definition) is 0. The van der Waals surface area contributed by atoms with Crippen LogP contribution in [0.2, 0.25) is 5.02 Å². The Balaban J connectivity index is 1.62. The summed E-state index contributed by atoms with van der Waals surface area (Å²) < 4.78 is 5.53. The largest absolute Gasteiger partial charge is 0.342 e. The zero-order valence-corrected chi connectivity index (χ0v) is 18.0. The van der Waals surface area contributed by atoms with Crippen LogP contribution in [-0.4, -0.2) is 34.0 Å². The Bertz CT molecular complexity index is 795. The Morgan fingerprint density at radius 1 is 1.32 bits per heavy atom. The van der Waals surface area contributed by atoms with Gasteiger partial charge < -0.3 is 9.42 Å². The highest BCUT2D eigenvalue weighted by molar-refractivity contribution is 6.30. The molecule has 1 fully saturated rings. The Labute approximate surface area is 172 Å². The zero-order chi connectivity index (χ0) is 20.3. The molecule has 1 saturated heterocycles. The molecule has 3 rings (SSSR count). The van der Waals surface area contributed by atoms with E-state index in [9.17, 15) is 4.79 Å². The van der Waals surface area contributed by atoms with E-state index in [1.54, 1.807) is 0 Å². The average Bonchev–Trinajstić information content (AvgIpc) is 3.11. The quantitative estimate of drug-likeness (QED) is 0.655. The number of carbonyl (C=O) groups is 1. The molecule has 2 atom stereocenters. The Kier molecular flexibility index (Phi) is 6.43. The van der Waals surface area contributed by atoms with Crippen molar-refractivity contribution in [3.63, 3.8) is 0 Å². The van der Waals surface area contributed by atoms with Crippen molar-refractivity contribution >= 4 is 17.5 Å². The molecule has 0 radical (unpaired) electrons. The monoisotopic (exact) mass is 403 g/mol. The molecule has 0 aliphatic carbocycles. The maximum Gasteiger partial charge on any atom is 0.231 e. The van der Waals surface area contributed by atoms with Gasteiger partial charge in [0.2, 0.25) is 17.6 Å². The van der Waals surface area contributed by atoms with Gasteiger partial charge in [0.15, 0.2) is 0 Å². The number of hydrogen-bond acceptors (Lipinski definition) is 4. The lowest BCUT2D eigenvalue weighted by molar-refractivity contribution is -0.133. The summed E-state index contributed by atoms with van der Waals surface area (Å²) in [5, 5.41) is 4.79. The summed E-state index contributed by atoms with van der Waals surface area (Å²) in [6.45, 7) is 10.3. The summed E-state index contributed by atoms with van der Waals surface area (Å²) in [7, 11) is 0. The summed E-state index contributed by atoms with van der Waals surface area (Å²) >= 11 is 5.94. The third-order valence-electron chi connectivity index (χ3n) is 5.15. The van der Waals surface area contributed by atoms with E-state index in [2.05, 4.69) is 37.8 Å². The second kappa shape index (κ2) is 8.64. The van der Waals surface area contributed by atoms with Crippen molar-refractivity contribution in [1.82, 2.24) is 15.0 Å². The summed E-state index contributed by atoms with van der Waals surface area (Å²) in [6.07, 6.45) is 3.57. The van der Waals surface area contributed by atoms with E-state index in [1.807, 2.05) is 29.2 Å².